The van der Waals surface area contributed by atoms with Gasteiger partial charge in [0, 0.05) is 12.4 Å². The summed E-state index contributed by atoms with van der Waals surface area (Å²) < 4.78 is 14.3. The van der Waals surface area contributed by atoms with E-state index in [1.807, 2.05) is 0 Å². The number of carbonyl (C=O) groups is 2. The molecular weight excluding hydrogens is 257 g/mol. The number of aliphatic hydroxyl groups is 1. The number of rotatable bonds is 4. The first-order chi connectivity index (χ1) is 9.01. The van der Waals surface area contributed by atoms with Crippen LogP contribution in [0.3, 0.4) is 0 Å². The number of imidazole rings is 1. The lowest BCUT2D eigenvalue weighted by atomic mass is 10.3. The molecule has 1 atom stereocenters. The molecule has 100 valence electrons. The quantitative estimate of drug-likeness (QED) is 0.702. The van der Waals surface area contributed by atoms with E-state index in [0.717, 1.165) is 6.20 Å². The largest absolute Gasteiger partial charge is 0.480 e. The molecule has 19 heavy (non-hydrogen) atoms. The number of aliphatic hydroxyl groups excluding tert-OH is 1. The smallest absolute Gasteiger partial charge is 0.328 e. The third-order valence-electron chi connectivity index (χ3n) is 2.43. The summed E-state index contributed by atoms with van der Waals surface area (Å²) in [6, 6.07) is 1.17. The highest BCUT2D eigenvalue weighted by Gasteiger charge is 2.21. The molecule has 7 nitrogen and oxygen atoms in total. The maximum Gasteiger partial charge on any atom is 0.328 e. The van der Waals surface area contributed by atoms with Crippen molar-refractivity contribution in [2.24, 2.45) is 0 Å². The molecule has 1 unspecified atom stereocenters. The third kappa shape index (κ3) is 2.68. The molecule has 0 aliphatic rings. The first-order valence-corrected chi connectivity index (χ1v) is 5.30. The van der Waals surface area contributed by atoms with Gasteiger partial charge in [0.1, 0.15) is 17.2 Å². The monoisotopic (exact) mass is 267 g/mol. The molecule has 0 aliphatic heterocycles. The van der Waals surface area contributed by atoms with E-state index in [2.05, 4.69) is 10.3 Å². The number of carbonyl (C=O) groups excluding carboxylic acids is 1. The summed E-state index contributed by atoms with van der Waals surface area (Å²) in [5.74, 6) is -2.60. The van der Waals surface area contributed by atoms with Crippen LogP contribution in [0, 0.1) is 5.82 Å². The van der Waals surface area contributed by atoms with Crippen molar-refractivity contribution in [1.29, 1.82) is 0 Å². The van der Waals surface area contributed by atoms with Crippen molar-refractivity contribution in [1.82, 2.24) is 14.7 Å². The van der Waals surface area contributed by atoms with Gasteiger partial charge in [-0.15, -0.1) is 0 Å². The second-order valence-electron chi connectivity index (χ2n) is 3.79. The number of carboxylic acids is 1. The highest BCUT2D eigenvalue weighted by atomic mass is 19.1. The van der Waals surface area contributed by atoms with Gasteiger partial charge in [-0.05, 0) is 12.1 Å². The Morgan fingerprint density at radius 1 is 1.42 bits per heavy atom. The zero-order chi connectivity index (χ0) is 14.0. The van der Waals surface area contributed by atoms with E-state index in [-0.39, 0.29) is 5.69 Å². The standard InChI is InChI=1S/C11H10FN3O4/c12-6-1-2-9-13-7(4-15(9)3-6)10(17)14-8(5-16)11(18)19/h1-4,8,16H,5H2,(H,14,17)(H,18,19). The number of halogens is 1. The second-order valence-corrected chi connectivity index (χ2v) is 3.79. The number of aliphatic carboxylic acids is 1. The number of aromatic nitrogens is 2. The summed E-state index contributed by atoms with van der Waals surface area (Å²) in [4.78, 5) is 26.3. The molecule has 0 radical (unpaired) electrons. The lowest BCUT2D eigenvalue weighted by Crippen LogP contribution is -2.43. The van der Waals surface area contributed by atoms with Crippen LogP contribution in [0.2, 0.25) is 0 Å². The Labute approximate surface area is 106 Å². The number of fused-ring (bicyclic) bond motifs is 1. The number of pyridine rings is 1. The fourth-order valence-corrected chi connectivity index (χ4v) is 1.49. The van der Waals surface area contributed by atoms with Gasteiger partial charge in [-0.25, -0.2) is 14.2 Å². The van der Waals surface area contributed by atoms with Crippen LogP contribution >= 0.6 is 0 Å². The summed E-state index contributed by atoms with van der Waals surface area (Å²) in [6.45, 7) is -0.733. The van der Waals surface area contributed by atoms with Crippen LogP contribution in [0.1, 0.15) is 10.5 Å². The summed E-state index contributed by atoms with van der Waals surface area (Å²) in [5, 5.41) is 19.6. The van der Waals surface area contributed by atoms with Crippen molar-refractivity contribution in [3.63, 3.8) is 0 Å². The van der Waals surface area contributed by atoms with Crippen molar-refractivity contribution in [2.45, 2.75) is 6.04 Å². The number of nitrogens with zero attached hydrogens (tertiary/aromatic N) is 2. The Balaban J connectivity index is 2.24. The van der Waals surface area contributed by atoms with E-state index in [4.69, 9.17) is 10.2 Å². The topological polar surface area (TPSA) is 104 Å². The maximum atomic E-state index is 13.0. The van der Waals surface area contributed by atoms with E-state index in [1.165, 1.54) is 22.7 Å². The van der Waals surface area contributed by atoms with Crippen molar-refractivity contribution >= 4 is 17.5 Å². The lowest BCUT2D eigenvalue weighted by Gasteiger charge is -2.09. The van der Waals surface area contributed by atoms with Gasteiger partial charge >= 0.3 is 5.97 Å². The predicted molar refractivity (Wildman–Crippen MR) is 61.1 cm³/mol. The first kappa shape index (κ1) is 13.0. The minimum absolute atomic E-state index is 0.0645. The molecule has 8 heteroatoms. The van der Waals surface area contributed by atoms with Crippen LogP contribution in [-0.4, -0.2) is 44.1 Å². The Morgan fingerprint density at radius 3 is 2.79 bits per heavy atom. The summed E-state index contributed by atoms with van der Waals surface area (Å²) in [7, 11) is 0. The Morgan fingerprint density at radius 2 is 2.16 bits per heavy atom. The molecule has 2 aromatic rings. The maximum absolute atomic E-state index is 13.0. The van der Waals surface area contributed by atoms with E-state index in [9.17, 15) is 14.0 Å². The average Bonchev–Trinajstić information content (AvgIpc) is 2.78. The molecule has 3 N–H and O–H groups in total. The molecule has 2 aromatic heterocycles. The van der Waals surface area contributed by atoms with Crippen LogP contribution in [0.5, 0.6) is 0 Å². The van der Waals surface area contributed by atoms with Crippen molar-refractivity contribution in [3.05, 3.63) is 36.0 Å². The van der Waals surface area contributed by atoms with Crippen molar-refractivity contribution in [3.8, 4) is 0 Å². The van der Waals surface area contributed by atoms with Crippen molar-refractivity contribution in [2.75, 3.05) is 6.61 Å². The number of amides is 1. The van der Waals surface area contributed by atoms with E-state index in [1.54, 1.807) is 0 Å². The number of hydrogen-bond acceptors (Lipinski definition) is 4. The van der Waals surface area contributed by atoms with Crippen LogP contribution in [-0.2, 0) is 4.79 Å². The van der Waals surface area contributed by atoms with Crippen LogP contribution < -0.4 is 5.32 Å². The highest BCUT2D eigenvalue weighted by Crippen LogP contribution is 2.07. The zero-order valence-electron chi connectivity index (χ0n) is 9.58. The minimum atomic E-state index is -1.41. The molecule has 0 aromatic carbocycles. The molecule has 0 saturated carbocycles. The van der Waals surface area contributed by atoms with Gasteiger partial charge in [-0.3, -0.25) is 4.79 Å². The van der Waals surface area contributed by atoms with Gasteiger partial charge in [-0.1, -0.05) is 0 Å². The van der Waals surface area contributed by atoms with Gasteiger partial charge in [-0.2, -0.15) is 0 Å². The Bertz CT molecular complexity index is 640. The van der Waals surface area contributed by atoms with Crippen molar-refractivity contribution < 1.29 is 24.2 Å². The Hall–Kier alpha value is -2.48. The predicted octanol–water partition coefficient (Wildman–Crippen LogP) is -0.351. The van der Waals surface area contributed by atoms with E-state index in [0.29, 0.717) is 5.65 Å². The number of nitrogens with one attached hydrogen (secondary N) is 1. The van der Waals surface area contributed by atoms with Crippen LogP contribution in [0.15, 0.2) is 24.5 Å². The van der Waals surface area contributed by atoms with Gasteiger partial charge in [0.15, 0.2) is 6.04 Å². The van der Waals surface area contributed by atoms with E-state index >= 15 is 0 Å². The van der Waals surface area contributed by atoms with Gasteiger partial charge in [0.25, 0.3) is 5.91 Å². The number of carboxylic acid groups (broad SMARTS) is 1. The number of hydrogen-bond donors (Lipinski definition) is 3. The van der Waals surface area contributed by atoms with E-state index < -0.39 is 30.3 Å². The molecule has 0 aliphatic carbocycles. The first-order valence-electron chi connectivity index (χ1n) is 5.30. The summed E-state index contributed by atoms with van der Waals surface area (Å²) in [6.07, 6.45) is 2.41. The summed E-state index contributed by atoms with van der Waals surface area (Å²) in [5.41, 5.74) is 0.285. The highest BCUT2D eigenvalue weighted by molar-refractivity contribution is 5.95. The third-order valence-corrected chi connectivity index (χ3v) is 2.43. The molecule has 2 heterocycles. The fraction of sp³-hybridized carbons (Fsp3) is 0.182. The SMILES string of the molecule is O=C(NC(CO)C(=O)O)c1cn2cc(F)ccc2n1. The summed E-state index contributed by atoms with van der Waals surface area (Å²) >= 11 is 0. The second kappa shape index (κ2) is 5.02. The fourth-order valence-electron chi connectivity index (χ4n) is 1.49. The molecule has 0 bridgehead atoms. The zero-order valence-corrected chi connectivity index (χ0v) is 9.58. The molecule has 0 saturated heterocycles. The van der Waals surface area contributed by atoms with Gasteiger partial charge < -0.3 is 19.9 Å². The van der Waals surface area contributed by atoms with Crippen LogP contribution in [0.4, 0.5) is 4.39 Å². The minimum Gasteiger partial charge on any atom is -0.480 e. The van der Waals surface area contributed by atoms with Gasteiger partial charge in [0.2, 0.25) is 0 Å². The normalized spacial score (nSPS) is 12.3. The Kier molecular flexibility index (Phi) is 3.43. The molecule has 0 fully saturated rings. The van der Waals surface area contributed by atoms with Gasteiger partial charge in [0.05, 0.1) is 6.61 Å². The average molecular weight is 267 g/mol. The molecule has 2 rings (SSSR count). The molecule has 0 spiro atoms. The van der Waals surface area contributed by atoms with Crippen LogP contribution in [0.25, 0.3) is 5.65 Å². The molecule has 1 amide bonds. The lowest BCUT2D eigenvalue weighted by molar-refractivity contribution is -0.140. The molecular formula is C11H10FN3O4.